The summed E-state index contributed by atoms with van der Waals surface area (Å²) in [4.78, 5) is 16.4. The Balaban J connectivity index is 1.65. The summed E-state index contributed by atoms with van der Waals surface area (Å²) < 4.78 is 5.03. The normalized spacial score (nSPS) is 15.3. The van der Waals surface area contributed by atoms with Gasteiger partial charge in [-0.25, -0.2) is 0 Å². The van der Waals surface area contributed by atoms with Crippen LogP contribution in [-0.4, -0.2) is 42.1 Å². The van der Waals surface area contributed by atoms with E-state index in [1.165, 1.54) is 0 Å². The van der Waals surface area contributed by atoms with Crippen LogP contribution >= 0.6 is 11.6 Å². The highest BCUT2D eigenvalue weighted by Crippen LogP contribution is 2.21. The van der Waals surface area contributed by atoms with E-state index in [1.54, 1.807) is 11.1 Å². The van der Waals surface area contributed by atoms with Crippen LogP contribution in [0.3, 0.4) is 0 Å². The summed E-state index contributed by atoms with van der Waals surface area (Å²) in [6.07, 6.45) is 1.56. The molecule has 0 aliphatic carbocycles. The first kappa shape index (κ1) is 13.9. The number of carbonyl (C=O) groups excluding carboxylic acids is 1. The smallest absolute Gasteiger partial charge is 0.292 e. The number of hydrogen-bond donors (Lipinski definition) is 0. The first-order valence-electron chi connectivity index (χ1n) is 6.86. The lowest BCUT2D eigenvalue weighted by Crippen LogP contribution is -2.48. The third-order valence-corrected chi connectivity index (χ3v) is 3.92. The second-order valence-corrected chi connectivity index (χ2v) is 5.53. The van der Waals surface area contributed by atoms with Crippen LogP contribution in [0, 0.1) is 6.92 Å². The van der Waals surface area contributed by atoms with Crippen LogP contribution in [-0.2, 0) is 0 Å². The highest BCUT2D eigenvalue weighted by molar-refractivity contribution is 6.30. The Labute approximate surface area is 128 Å². The second-order valence-electron chi connectivity index (χ2n) is 5.10. The largest absolute Gasteiger partial charge is 0.368 e. The van der Waals surface area contributed by atoms with Gasteiger partial charge in [0, 0.05) is 42.5 Å². The van der Waals surface area contributed by atoms with Gasteiger partial charge in [-0.1, -0.05) is 22.8 Å². The Morgan fingerprint density at radius 1 is 1.29 bits per heavy atom. The van der Waals surface area contributed by atoms with Crippen molar-refractivity contribution in [2.45, 2.75) is 6.92 Å². The van der Waals surface area contributed by atoms with Crippen molar-refractivity contribution in [1.29, 1.82) is 0 Å². The summed E-state index contributed by atoms with van der Waals surface area (Å²) in [5, 5.41) is 4.39. The van der Waals surface area contributed by atoms with Gasteiger partial charge in [0.15, 0.2) is 0 Å². The molecule has 0 atom stereocenters. The first-order valence-corrected chi connectivity index (χ1v) is 7.24. The molecule has 0 radical (unpaired) electrons. The van der Waals surface area contributed by atoms with Crippen LogP contribution in [0.2, 0.25) is 5.02 Å². The molecule has 5 nitrogen and oxygen atoms in total. The number of nitrogens with zero attached hydrogens (tertiary/aromatic N) is 3. The third kappa shape index (κ3) is 2.88. The number of carbonyl (C=O) groups is 1. The van der Waals surface area contributed by atoms with Crippen LogP contribution in [0.4, 0.5) is 5.69 Å². The average molecular weight is 306 g/mol. The summed E-state index contributed by atoms with van der Waals surface area (Å²) in [6.45, 7) is 4.70. The van der Waals surface area contributed by atoms with Gasteiger partial charge in [-0.15, -0.1) is 0 Å². The Kier molecular flexibility index (Phi) is 3.84. The van der Waals surface area contributed by atoms with E-state index in [4.69, 9.17) is 16.1 Å². The lowest BCUT2D eigenvalue weighted by Gasteiger charge is -2.35. The van der Waals surface area contributed by atoms with Gasteiger partial charge in [0.1, 0.15) is 0 Å². The van der Waals surface area contributed by atoms with E-state index in [0.29, 0.717) is 18.8 Å². The minimum Gasteiger partial charge on any atom is -0.368 e. The highest BCUT2D eigenvalue weighted by Gasteiger charge is 2.25. The molecule has 1 saturated heterocycles. The zero-order valence-corrected chi connectivity index (χ0v) is 12.5. The van der Waals surface area contributed by atoms with Crippen LogP contribution < -0.4 is 4.90 Å². The summed E-state index contributed by atoms with van der Waals surface area (Å²) in [7, 11) is 0. The maximum Gasteiger partial charge on any atom is 0.292 e. The molecule has 0 spiro atoms. The topological polar surface area (TPSA) is 49.6 Å². The number of aromatic nitrogens is 1. The van der Waals surface area contributed by atoms with Crippen molar-refractivity contribution in [2.75, 3.05) is 31.1 Å². The van der Waals surface area contributed by atoms with Crippen molar-refractivity contribution in [3.05, 3.63) is 46.8 Å². The molecule has 1 aromatic heterocycles. The van der Waals surface area contributed by atoms with Gasteiger partial charge in [0.05, 0.1) is 6.20 Å². The number of benzene rings is 1. The fourth-order valence-electron chi connectivity index (χ4n) is 2.48. The fraction of sp³-hybridized carbons (Fsp3) is 0.333. The number of aryl methyl sites for hydroxylation is 1. The maximum absolute atomic E-state index is 12.3. The zero-order chi connectivity index (χ0) is 14.8. The minimum atomic E-state index is -0.0873. The Hall–Kier alpha value is -2.01. The quantitative estimate of drug-likeness (QED) is 0.856. The zero-order valence-electron chi connectivity index (χ0n) is 11.8. The molecular formula is C15H16ClN3O2. The Morgan fingerprint density at radius 2 is 2.05 bits per heavy atom. The highest BCUT2D eigenvalue weighted by atomic mass is 35.5. The van der Waals surface area contributed by atoms with Gasteiger partial charge in [-0.05, 0) is 25.1 Å². The second kappa shape index (κ2) is 5.77. The van der Waals surface area contributed by atoms with Gasteiger partial charge in [-0.2, -0.15) is 0 Å². The van der Waals surface area contributed by atoms with Crippen molar-refractivity contribution in [1.82, 2.24) is 10.1 Å². The van der Waals surface area contributed by atoms with Crippen molar-refractivity contribution in [2.24, 2.45) is 0 Å². The van der Waals surface area contributed by atoms with Gasteiger partial charge in [-0.3, -0.25) is 4.79 Å². The van der Waals surface area contributed by atoms with E-state index in [-0.39, 0.29) is 5.91 Å². The SMILES string of the molecule is Cc1cnoc1C(=O)N1CCN(c2cccc(Cl)c2)CC1. The Bertz CT molecular complexity index is 648. The molecule has 21 heavy (non-hydrogen) atoms. The molecule has 2 aromatic rings. The molecule has 110 valence electrons. The van der Waals surface area contributed by atoms with Gasteiger partial charge < -0.3 is 14.3 Å². The molecular weight excluding hydrogens is 290 g/mol. The number of piperazine rings is 1. The molecule has 1 aromatic carbocycles. The minimum absolute atomic E-state index is 0.0873. The Morgan fingerprint density at radius 3 is 2.67 bits per heavy atom. The molecule has 0 bridgehead atoms. The van der Waals surface area contributed by atoms with Crippen molar-refractivity contribution in [3.8, 4) is 0 Å². The van der Waals surface area contributed by atoms with Crippen LogP contribution in [0.1, 0.15) is 16.1 Å². The van der Waals surface area contributed by atoms with E-state index in [9.17, 15) is 4.79 Å². The predicted molar refractivity (Wildman–Crippen MR) is 80.8 cm³/mol. The molecule has 1 aliphatic heterocycles. The number of hydrogen-bond acceptors (Lipinski definition) is 4. The van der Waals surface area contributed by atoms with Gasteiger partial charge in [0.2, 0.25) is 5.76 Å². The lowest BCUT2D eigenvalue weighted by atomic mass is 10.2. The monoisotopic (exact) mass is 305 g/mol. The van der Waals surface area contributed by atoms with E-state index in [1.807, 2.05) is 31.2 Å². The van der Waals surface area contributed by atoms with E-state index in [2.05, 4.69) is 10.1 Å². The predicted octanol–water partition coefficient (Wildman–Crippen LogP) is 2.60. The summed E-state index contributed by atoms with van der Waals surface area (Å²) in [5.74, 6) is 0.252. The molecule has 0 N–H and O–H groups in total. The number of halogens is 1. The van der Waals surface area contributed by atoms with Crippen molar-refractivity contribution < 1.29 is 9.32 Å². The van der Waals surface area contributed by atoms with Crippen LogP contribution in [0.5, 0.6) is 0 Å². The lowest BCUT2D eigenvalue weighted by molar-refractivity contribution is 0.0704. The molecule has 1 fully saturated rings. The van der Waals surface area contributed by atoms with Gasteiger partial charge >= 0.3 is 0 Å². The van der Waals surface area contributed by atoms with Crippen molar-refractivity contribution in [3.63, 3.8) is 0 Å². The van der Waals surface area contributed by atoms with Crippen molar-refractivity contribution >= 4 is 23.2 Å². The molecule has 1 amide bonds. The van der Waals surface area contributed by atoms with E-state index >= 15 is 0 Å². The standard InChI is InChI=1S/C15H16ClN3O2/c1-11-10-17-21-14(11)15(20)19-7-5-18(6-8-19)13-4-2-3-12(16)9-13/h2-4,9-10H,5-8H2,1H3. The molecule has 2 heterocycles. The molecule has 0 unspecified atom stereocenters. The molecule has 3 rings (SSSR count). The summed E-state index contributed by atoms with van der Waals surface area (Å²) in [6, 6.07) is 7.77. The maximum atomic E-state index is 12.3. The summed E-state index contributed by atoms with van der Waals surface area (Å²) in [5.41, 5.74) is 1.86. The van der Waals surface area contributed by atoms with Crippen LogP contribution in [0.15, 0.2) is 35.0 Å². The van der Waals surface area contributed by atoms with E-state index < -0.39 is 0 Å². The van der Waals surface area contributed by atoms with E-state index in [0.717, 1.165) is 29.4 Å². The molecule has 1 aliphatic rings. The van der Waals surface area contributed by atoms with Crippen LogP contribution in [0.25, 0.3) is 0 Å². The molecule has 0 saturated carbocycles. The number of amides is 1. The number of rotatable bonds is 2. The first-order chi connectivity index (χ1) is 10.1. The third-order valence-electron chi connectivity index (χ3n) is 3.68. The average Bonchev–Trinajstić information content (AvgIpc) is 2.93. The number of anilines is 1. The van der Waals surface area contributed by atoms with Gasteiger partial charge in [0.25, 0.3) is 5.91 Å². The fourth-order valence-corrected chi connectivity index (χ4v) is 2.67. The molecule has 6 heteroatoms. The summed E-state index contributed by atoms with van der Waals surface area (Å²) >= 11 is 6.02.